The van der Waals surface area contributed by atoms with Crippen LogP contribution in [0.4, 0.5) is 0 Å². The molecule has 0 saturated carbocycles. The number of benzene rings is 2. The Morgan fingerprint density at radius 2 is 1.69 bits per heavy atom. The van der Waals surface area contributed by atoms with Crippen LogP contribution in [0.1, 0.15) is 20.7 Å². The first-order chi connectivity index (χ1) is 7.61. The number of carbonyl (C=O) groups is 2. The molecule has 2 aromatic carbocycles. The topological polar surface area (TPSA) is 34.1 Å². The van der Waals surface area contributed by atoms with Crippen LogP contribution in [-0.2, 0) is 0 Å². The maximum atomic E-state index is 11.8. The first-order valence-electron chi connectivity index (χ1n) is 4.61. The number of halogens is 2. The molecule has 0 atom stereocenters. The summed E-state index contributed by atoms with van der Waals surface area (Å²) in [7, 11) is 0. The van der Waals surface area contributed by atoms with Gasteiger partial charge in [0, 0.05) is 25.5 Å². The Morgan fingerprint density at radius 3 is 2.44 bits per heavy atom. The largest absolute Gasteiger partial charge is 0.285 e. The van der Waals surface area contributed by atoms with E-state index in [1.54, 1.807) is 18.2 Å². The smallest absolute Gasteiger partial charge is 0.235 e. The molecular formula is C12H4Br2O2. The van der Waals surface area contributed by atoms with Crippen LogP contribution in [0, 0.1) is 0 Å². The van der Waals surface area contributed by atoms with Gasteiger partial charge in [0.25, 0.3) is 0 Å². The van der Waals surface area contributed by atoms with Gasteiger partial charge in [-0.3, -0.25) is 9.59 Å². The summed E-state index contributed by atoms with van der Waals surface area (Å²) in [5.41, 5.74) is 0.985. The van der Waals surface area contributed by atoms with Crippen molar-refractivity contribution in [2.45, 2.75) is 0 Å². The van der Waals surface area contributed by atoms with Crippen LogP contribution in [0.2, 0.25) is 0 Å². The van der Waals surface area contributed by atoms with E-state index in [0.717, 1.165) is 15.2 Å². The zero-order valence-electron chi connectivity index (χ0n) is 7.88. The predicted octanol–water partition coefficient (Wildman–Crippen LogP) is 3.74. The van der Waals surface area contributed by atoms with Gasteiger partial charge >= 0.3 is 0 Å². The third kappa shape index (κ3) is 1.11. The minimum Gasteiger partial charge on any atom is -0.285 e. The summed E-state index contributed by atoms with van der Waals surface area (Å²) >= 11 is 6.76. The van der Waals surface area contributed by atoms with Gasteiger partial charge in [0.15, 0.2) is 0 Å². The quantitative estimate of drug-likeness (QED) is 0.685. The Balaban J connectivity index is 2.65. The number of ketones is 2. The van der Waals surface area contributed by atoms with Crippen molar-refractivity contribution >= 4 is 54.2 Å². The van der Waals surface area contributed by atoms with Crippen molar-refractivity contribution in [2.75, 3.05) is 0 Å². The van der Waals surface area contributed by atoms with Gasteiger partial charge in [0.05, 0.1) is 0 Å². The number of carbonyl (C=O) groups excluding carboxylic acids is 2. The molecule has 16 heavy (non-hydrogen) atoms. The molecule has 3 rings (SSSR count). The van der Waals surface area contributed by atoms with Crippen LogP contribution < -0.4 is 0 Å². The number of hydrogen-bond acceptors (Lipinski definition) is 2. The zero-order chi connectivity index (χ0) is 11.4. The molecule has 0 amide bonds. The highest BCUT2D eigenvalue weighted by Gasteiger charge is 2.33. The van der Waals surface area contributed by atoms with Gasteiger partial charge in [-0.15, -0.1) is 0 Å². The molecule has 0 aromatic heterocycles. The van der Waals surface area contributed by atoms with E-state index in [4.69, 9.17) is 0 Å². The lowest BCUT2D eigenvalue weighted by Crippen LogP contribution is -2.06. The molecule has 2 nitrogen and oxygen atoms in total. The van der Waals surface area contributed by atoms with E-state index in [1.807, 2.05) is 6.07 Å². The van der Waals surface area contributed by atoms with Gasteiger partial charge < -0.3 is 0 Å². The van der Waals surface area contributed by atoms with Crippen LogP contribution in [0.3, 0.4) is 0 Å². The molecule has 0 spiro atoms. The molecule has 2 aromatic rings. The number of rotatable bonds is 0. The summed E-state index contributed by atoms with van der Waals surface area (Å²) in [5.74, 6) is -0.843. The molecular weight excluding hydrogens is 336 g/mol. The molecule has 0 bridgehead atoms. The summed E-state index contributed by atoms with van der Waals surface area (Å²) in [6, 6.07) is 7.18. The van der Waals surface area contributed by atoms with Gasteiger partial charge in [-0.2, -0.15) is 0 Å². The first kappa shape index (κ1) is 10.2. The van der Waals surface area contributed by atoms with Crippen molar-refractivity contribution in [1.29, 1.82) is 0 Å². The van der Waals surface area contributed by atoms with Crippen molar-refractivity contribution < 1.29 is 9.59 Å². The third-order valence-electron chi connectivity index (χ3n) is 2.74. The second-order valence-corrected chi connectivity index (χ2v) is 5.31. The Kier molecular flexibility index (Phi) is 2.06. The SMILES string of the molecule is O=C1C(=O)c2c(Br)cc(Br)c3cccc1c23. The summed E-state index contributed by atoms with van der Waals surface area (Å²) < 4.78 is 1.54. The van der Waals surface area contributed by atoms with Crippen molar-refractivity contribution in [3.63, 3.8) is 0 Å². The maximum Gasteiger partial charge on any atom is 0.235 e. The van der Waals surface area contributed by atoms with E-state index in [0.29, 0.717) is 15.6 Å². The lowest BCUT2D eigenvalue weighted by atomic mass is 10.1. The Morgan fingerprint density at radius 1 is 0.938 bits per heavy atom. The van der Waals surface area contributed by atoms with Crippen molar-refractivity contribution in [2.24, 2.45) is 0 Å². The molecule has 0 N–H and O–H groups in total. The predicted molar refractivity (Wildman–Crippen MR) is 68.0 cm³/mol. The molecule has 0 aliphatic heterocycles. The fourth-order valence-corrected chi connectivity index (χ4v) is 3.52. The Bertz CT molecular complexity index is 674. The van der Waals surface area contributed by atoms with Crippen molar-refractivity contribution in [1.82, 2.24) is 0 Å². The van der Waals surface area contributed by atoms with Gasteiger partial charge in [-0.1, -0.05) is 34.1 Å². The normalized spacial score (nSPS) is 13.9. The van der Waals surface area contributed by atoms with Gasteiger partial charge in [0.2, 0.25) is 11.6 Å². The van der Waals surface area contributed by atoms with Gasteiger partial charge in [-0.25, -0.2) is 0 Å². The molecule has 1 aliphatic rings. The second kappa shape index (κ2) is 3.25. The minimum atomic E-state index is -0.425. The van der Waals surface area contributed by atoms with E-state index in [1.165, 1.54) is 0 Å². The maximum absolute atomic E-state index is 11.8. The third-order valence-corrected chi connectivity index (χ3v) is 4.02. The highest BCUT2D eigenvalue weighted by Crippen LogP contribution is 2.39. The standard InChI is InChI=1S/C12H4Br2O2/c13-7-4-8(14)10-9-5(7)2-1-3-6(9)11(15)12(10)16/h1-4H. The molecule has 0 saturated heterocycles. The van der Waals surface area contributed by atoms with E-state index in [-0.39, 0.29) is 0 Å². The average molecular weight is 340 g/mol. The van der Waals surface area contributed by atoms with Crippen LogP contribution >= 0.6 is 31.9 Å². The lowest BCUT2D eigenvalue weighted by molar-refractivity contribution is 0.0825. The van der Waals surface area contributed by atoms with E-state index >= 15 is 0 Å². The first-order valence-corrected chi connectivity index (χ1v) is 6.19. The monoisotopic (exact) mass is 338 g/mol. The summed E-state index contributed by atoms with van der Waals surface area (Å²) in [6.07, 6.45) is 0. The molecule has 78 valence electrons. The highest BCUT2D eigenvalue weighted by atomic mass is 79.9. The number of hydrogen-bond donors (Lipinski definition) is 0. The van der Waals surface area contributed by atoms with Crippen LogP contribution in [0.15, 0.2) is 33.2 Å². The summed E-state index contributed by atoms with van der Waals surface area (Å²) in [6.45, 7) is 0. The highest BCUT2D eigenvalue weighted by molar-refractivity contribution is 9.11. The second-order valence-electron chi connectivity index (χ2n) is 3.60. The Labute approximate surface area is 108 Å². The van der Waals surface area contributed by atoms with Crippen LogP contribution in [0.5, 0.6) is 0 Å². The molecule has 4 heteroatoms. The zero-order valence-corrected chi connectivity index (χ0v) is 11.1. The molecule has 0 radical (unpaired) electrons. The van der Waals surface area contributed by atoms with Crippen LogP contribution in [-0.4, -0.2) is 11.6 Å². The number of Topliss-reactive ketones (excluding diaryl/α,β-unsaturated/α-hetero) is 2. The lowest BCUT2D eigenvalue weighted by Gasteiger charge is -2.04. The molecule has 0 heterocycles. The van der Waals surface area contributed by atoms with Crippen molar-refractivity contribution in [3.8, 4) is 0 Å². The van der Waals surface area contributed by atoms with Gasteiger partial charge in [0.1, 0.15) is 0 Å². The average Bonchev–Trinajstić information content (AvgIpc) is 2.51. The summed E-state index contributed by atoms with van der Waals surface area (Å²) in [5, 5.41) is 1.65. The van der Waals surface area contributed by atoms with E-state index in [2.05, 4.69) is 31.9 Å². The minimum absolute atomic E-state index is 0.417. The fraction of sp³-hybridized carbons (Fsp3) is 0. The molecule has 0 unspecified atom stereocenters. The van der Waals surface area contributed by atoms with Gasteiger partial charge in [-0.05, 0) is 27.4 Å². The van der Waals surface area contributed by atoms with E-state index < -0.39 is 11.6 Å². The summed E-state index contributed by atoms with van der Waals surface area (Å²) in [4.78, 5) is 23.6. The van der Waals surface area contributed by atoms with Crippen LogP contribution in [0.25, 0.3) is 10.8 Å². The van der Waals surface area contributed by atoms with E-state index in [9.17, 15) is 9.59 Å². The molecule has 0 fully saturated rings. The fourth-order valence-electron chi connectivity index (χ4n) is 2.05. The molecule has 1 aliphatic carbocycles. The Hall–Kier alpha value is -1.00. The van der Waals surface area contributed by atoms with Crippen molar-refractivity contribution in [3.05, 3.63) is 44.3 Å².